The van der Waals surface area contributed by atoms with Crippen LogP contribution in [0.2, 0.25) is 0 Å². The third kappa shape index (κ3) is 8.79. The van der Waals surface area contributed by atoms with Gasteiger partial charge in [-0.15, -0.1) is 0 Å². The number of nitriles is 1. The van der Waals surface area contributed by atoms with E-state index in [2.05, 4.69) is 38.4 Å². The maximum atomic E-state index is 11.7. The zero-order valence-corrected chi connectivity index (χ0v) is 27.9. The van der Waals surface area contributed by atoms with Gasteiger partial charge in [0.15, 0.2) is 0 Å². The number of aliphatic hydroxyl groups is 1. The normalized spacial score (nSPS) is 14.0. The van der Waals surface area contributed by atoms with E-state index in [1.165, 1.54) is 0 Å². The number of hydrogen-bond donors (Lipinski definition) is 1. The molecule has 9 heteroatoms. The number of aliphatic hydroxyl groups excluding tert-OH is 1. The van der Waals surface area contributed by atoms with Crippen molar-refractivity contribution in [1.82, 2.24) is 4.67 Å². The molecular weight excluding hydrogens is 575 g/mol. The highest BCUT2D eigenvalue weighted by Gasteiger charge is 2.40. The molecule has 238 valence electrons. The van der Waals surface area contributed by atoms with Crippen molar-refractivity contribution in [2.45, 2.75) is 77.4 Å². The van der Waals surface area contributed by atoms with Gasteiger partial charge in [0.1, 0.15) is 23.2 Å². The van der Waals surface area contributed by atoms with Crippen LogP contribution in [0.25, 0.3) is 0 Å². The monoisotopic (exact) mass is 622 g/mol. The summed E-state index contributed by atoms with van der Waals surface area (Å²) in [6, 6.07) is 28.0. The van der Waals surface area contributed by atoms with E-state index in [9.17, 15) is 5.11 Å². The van der Waals surface area contributed by atoms with E-state index in [0.717, 1.165) is 28.2 Å². The predicted octanol–water partition coefficient (Wildman–Crippen LogP) is 7.44. The van der Waals surface area contributed by atoms with Crippen LogP contribution in [0, 0.1) is 11.3 Å². The van der Waals surface area contributed by atoms with Gasteiger partial charge >= 0.3 is 0 Å². The van der Waals surface area contributed by atoms with Crippen molar-refractivity contribution in [1.29, 1.82) is 5.26 Å². The van der Waals surface area contributed by atoms with Crippen molar-refractivity contribution < 1.29 is 28.4 Å². The fraction of sp³-hybridized carbons (Fsp3) is 0.457. The Balaban J connectivity index is 2.02. The van der Waals surface area contributed by atoms with E-state index in [-0.39, 0.29) is 31.7 Å². The van der Waals surface area contributed by atoms with E-state index in [1.54, 1.807) is 14.2 Å². The molecule has 0 aliphatic carbocycles. The Kier molecular flexibility index (Phi) is 14.1. The highest BCUT2D eigenvalue weighted by Crippen LogP contribution is 2.48. The lowest BCUT2D eigenvalue weighted by Crippen LogP contribution is -2.41. The molecule has 1 N–H and O–H groups in total. The second kappa shape index (κ2) is 17.5. The second-order valence-electron chi connectivity index (χ2n) is 11.0. The highest BCUT2D eigenvalue weighted by atomic mass is 31.2. The lowest BCUT2D eigenvalue weighted by molar-refractivity contribution is -0.0749. The molecule has 44 heavy (non-hydrogen) atoms. The van der Waals surface area contributed by atoms with Crippen LogP contribution in [0.4, 0.5) is 0 Å². The van der Waals surface area contributed by atoms with E-state index in [1.807, 2.05) is 85.8 Å². The third-order valence-electron chi connectivity index (χ3n) is 7.36. The van der Waals surface area contributed by atoms with Crippen molar-refractivity contribution in [3.63, 3.8) is 0 Å². The van der Waals surface area contributed by atoms with Crippen LogP contribution in [0.1, 0.15) is 64.2 Å². The Bertz CT molecular complexity index is 1230. The second-order valence-corrected chi connectivity index (χ2v) is 12.4. The molecule has 3 rings (SSSR count). The van der Waals surface area contributed by atoms with Gasteiger partial charge in [-0.25, -0.2) is 4.67 Å². The molecule has 0 aliphatic rings. The van der Waals surface area contributed by atoms with Gasteiger partial charge in [0, 0.05) is 12.1 Å². The van der Waals surface area contributed by atoms with Crippen LogP contribution in [-0.4, -0.2) is 61.5 Å². The number of hydrogen-bond acceptors (Lipinski definition) is 8. The highest BCUT2D eigenvalue weighted by molar-refractivity contribution is 7.44. The van der Waals surface area contributed by atoms with Gasteiger partial charge in [0.25, 0.3) is 8.53 Å². The first-order chi connectivity index (χ1) is 21.2. The van der Waals surface area contributed by atoms with Crippen LogP contribution in [-0.2, 0) is 19.4 Å². The minimum atomic E-state index is -1.54. The topological polar surface area (TPSA) is 93.4 Å². The van der Waals surface area contributed by atoms with Gasteiger partial charge < -0.3 is 28.4 Å². The van der Waals surface area contributed by atoms with E-state index >= 15 is 0 Å². The molecule has 1 unspecified atom stereocenters. The summed E-state index contributed by atoms with van der Waals surface area (Å²) in [6.45, 7) is 10.6. The fourth-order valence-electron chi connectivity index (χ4n) is 5.22. The Morgan fingerprint density at radius 2 is 1.32 bits per heavy atom. The van der Waals surface area contributed by atoms with Gasteiger partial charge in [-0.2, -0.15) is 5.26 Å². The fourth-order valence-corrected chi connectivity index (χ4v) is 7.05. The van der Waals surface area contributed by atoms with Crippen molar-refractivity contribution in [2.24, 2.45) is 0 Å². The van der Waals surface area contributed by atoms with Gasteiger partial charge in [-0.05, 0) is 75.1 Å². The molecule has 0 amide bonds. The zero-order valence-electron chi connectivity index (χ0n) is 27.0. The zero-order chi connectivity index (χ0) is 32.1. The minimum absolute atomic E-state index is 0.0177. The van der Waals surface area contributed by atoms with Crippen molar-refractivity contribution in [3.05, 3.63) is 95.6 Å². The molecule has 0 spiro atoms. The summed E-state index contributed by atoms with van der Waals surface area (Å²) in [7, 11) is 1.74. The standard InChI is InChI=1S/C35H47N2O6P/c1-8-34(43-44(42-24-12-23-36)37(26(2)3)27(4)5)33(38)25-41-35(28-13-10-9-11-14-28,29-15-19-31(39-6)20-16-29)30-17-21-32(40-7)22-18-30/h9-11,13-22,26-27,33-34,38H,8,12,24-25H2,1-7H3/t33-,34+,44?/m1/s1. The molecule has 0 saturated carbocycles. The molecular formula is C35H47N2O6P. The maximum Gasteiger partial charge on any atom is 0.259 e. The maximum absolute atomic E-state index is 11.7. The van der Waals surface area contributed by atoms with Gasteiger partial charge in [-0.3, -0.25) is 0 Å². The van der Waals surface area contributed by atoms with Crippen LogP contribution in [0.3, 0.4) is 0 Å². The first-order valence-corrected chi connectivity index (χ1v) is 16.3. The average molecular weight is 623 g/mol. The van der Waals surface area contributed by atoms with Crippen LogP contribution in [0.5, 0.6) is 11.5 Å². The molecule has 0 aromatic heterocycles. The SMILES string of the molecule is CC[C@H](OP(OCCC#N)N(C(C)C)C(C)C)[C@H](O)COC(c1ccccc1)(c1ccc(OC)cc1)c1ccc(OC)cc1. The molecule has 0 bridgehead atoms. The molecule has 0 heterocycles. The van der Waals surface area contributed by atoms with Crippen LogP contribution in [0.15, 0.2) is 78.9 Å². The summed E-state index contributed by atoms with van der Waals surface area (Å²) >= 11 is 0. The number of benzene rings is 3. The van der Waals surface area contributed by atoms with E-state index in [0.29, 0.717) is 6.42 Å². The molecule has 3 aromatic carbocycles. The number of methoxy groups -OCH3 is 2. The van der Waals surface area contributed by atoms with Gasteiger partial charge in [0.05, 0.1) is 46.0 Å². The molecule has 0 radical (unpaired) electrons. The Morgan fingerprint density at radius 3 is 1.75 bits per heavy atom. The van der Waals surface area contributed by atoms with Crippen molar-refractivity contribution >= 4 is 8.53 Å². The van der Waals surface area contributed by atoms with E-state index in [4.69, 9.17) is 28.5 Å². The summed E-state index contributed by atoms with van der Waals surface area (Å²) in [5, 5.41) is 20.7. The van der Waals surface area contributed by atoms with Crippen LogP contribution >= 0.6 is 8.53 Å². The van der Waals surface area contributed by atoms with Crippen molar-refractivity contribution in [3.8, 4) is 17.6 Å². The molecule has 8 nitrogen and oxygen atoms in total. The largest absolute Gasteiger partial charge is 0.497 e. The number of ether oxygens (including phenoxy) is 3. The average Bonchev–Trinajstić information content (AvgIpc) is 3.04. The lowest BCUT2D eigenvalue weighted by atomic mass is 9.80. The Morgan fingerprint density at radius 1 is 0.818 bits per heavy atom. The Hall–Kier alpha value is -3.02. The Labute approximate surface area is 264 Å². The summed E-state index contributed by atoms with van der Waals surface area (Å²) in [5.41, 5.74) is 1.60. The molecule has 0 fully saturated rings. The third-order valence-corrected chi connectivity index (χ3v) is 9.52. The number of rotatable bonds is 18. The molecule has 3 atom stereocenters. The summed E-state index contributed by atoms with van der Waals surface area (Å²) in [4.78, 5) is 0. The van der Waals surface area contributed by atoms with Crippen molar-refractivity contribution in [2.75, 3.05) is 27.4 Å². The summed E-state index contributed by atoms with van der Waals surface area (Å²) < 4.78 is 32.6. The van der Waals surface area contributed by atoms with Crippen LogP contribution < -0.4 is 9.47 Å². The number of nitrogens with zero attached hydrogens (tertiary/aromatic N) is 2. The summed E-state index contributed by atoms with van der Waals surface area (Å²) in [5.74, 6) is 1.46. The molecule has 3 aromatic rings. The minimum Gasteiger partial charge on any atom is -0.497 e. The van der Waals surface area contributed by atoms with E-state index < -0.39 is 26.3 Å². The van der Waals surface area contributed by atoms with Gasteiger partial charge in [-0.1, -0.05) is 61.5 Å². The first kappa shape index (κ1) is 35.5. The predicted molar refractivity (Wildman–Crippen MR) is 175 cm³/mol. The van der Waals surface area contributed by atoms with Gasteiger partial charge in [0.2, 0.25) is 0 Å². The molecule has 0 aliphatic heterocycles. The first-order valence-electron chi connectivity index (χ1n) is 15.1. The quantitative estimate of drug-likeness (QED) is 0.0889. The lowest BCUT2D eigenvalue weighted by Gasteiger charge is -2.39. The summed E-state index contributed by atoms with van der Waals surface area (Å²) in [6.07, 6.45) is -0.732. The molecule has 0 saturated heterocycles. The smallest absolute Gasteiger partial charge is 0.259 e.